The van der Waals surface area contributed by atoms with Crippen LogP contribution in [0.4, 0.5) is 0 Å². The largest absolute Gasteiger partial charge is 0.314 e. The van der Waals surface area contributed by atoms with Gasteiger partial charge in [-0.05, 0) is 32.0 Å². The fraction of sp³-hybridized carbons (Fsp3) is 0.308. The first-order valence-corrected chi connectivity index (χ1v) is 6.21. The van der Waals surface area contributed by atoms with Crippen LogP contribution < -0.4 is 5.32 Å². The molecular formula is C13H16N2S. The number of rotatable bonds is 3. The summed E-state index contributed by atoms with van der Waals surface area (Å²) in [6, 6.07) is 8.47. The van der Waals surface area contributed by atoms with Crippen molar-refractivity contribution in [1.29, 1.82) is 0 Å². The highest BCUT2D eigenvalue weighted by Gasteiger charge is 2.10. The van der Waals surface area contributed by atoms with E-state index in [1.165, 1.54) is 16.0 Å². The number of thiazole rings is 1. The number of nitrogens with zero attached hydrogens (tertiary/aromatic N) is 1. The fourth-order valence-corrected chi connectivity index (χ4v) is 2.92. The lowest BCUT2D eigenvalue weighted by Gasteiger charge is -2.02. The van der Waals surface area contributed by atoms with Crippen molar-refractivity contribution in [3.05, 3.63) is 40.5 Å². The zero-order valence-corrected chi connectivity index (χ0v) is 10.7. The third kappa shape index (κ3) is 2.15. The number of aryl methyl sites for hydroxylation is 2. The summed E-state index contributed by atoms with van der Waals surface area (Å²) < 4.78 is 0. The third-order valence-electron chi connectivity index (χ3n) is 2.56. The Morgan fingerprint density at radius 2 is 2.00 bits per heavy atom. The van der Waals surface area contributed by atoms with Crippen molar-refractivity contribution >= 4 is 11.3 Å². The van der Waals surface area contributed by atoms with E-state index >= 15 is 0 Å². The van der Waals surface area contributed by atoms with Crippen LogP contribution in [0.1, 0.15) is 16.3 Å². The maximum absolute atomic E-state index is 4.57. The highest BCUT2D eigenvalue weighted by Crippen LogP contribution is 2.31. The number of hydrogen-bond acceptors (Lipinski definition) is 3. The minimum atomic E-state index is 0.845. The van der Waals surface area contributed by atoms with Crippen LogP contribution in [0, 0.1) is 13.8 Å². The molecule has 1 N–H and O–H groups in total. The second-order valence-electron chi connectivity index (χ2n) is 3.87. The lowest BCUT2D eigenvalue weighted by molar-refractivity contribution is 0.807. The van der Waals surface area contributed by atoms with Crippen LogP contribution in [0.5, 0.6) is 0 Å². The van der Waals surface area contributed by atoms with Gasteiger partial charge in [0.1, 0.15) is 5.01 Å². The molecule has 0 amide bonds. The Kier molecular flexibility index (Phi) is 3.36. The smallest absolute Gasteiger partial charge is 0.107 e. The van der Waals surface area contributed by atoms with Gasteiger partial charge in [-0.3, -0.25) is 0 Å². The van der Waals surface area contributed by atoms with E-state index in [1.807, 2.05) is 7.05 Å². The zero-order valence-electron chi connectivity index (χ0n) is 9.87. The average Bonchev–Trinajstić information content (AvgIpc) is 2.61. The summed E-state index contributed by atoms with van der Waals surface area (Å²) in [6.07, 6.45) is 0. The summed E-state index contributed by atoms with van der Waals surface area (Å²) in [6.45, 7) is 5.07. The van der Waals surface area contributed by atoms with E-state index in [1.54, 1.807) is 11.3 Å². The molecular weight excluding hydrogens is 216 g/mol. The molecule has 0 bridgehead atoms. The molecule has 0 saturated carbocycles. The predicted molar refractivity (Wildman–Crippen MR) is 69.8 cm³/mol. The summed E-state index contributed by atoms with van der Waals surface area (Å²) in [5, 5.41) is 4.29. The average molecular weight is 232 g/mol. The monoisotopic (exact) mass is 232 g/mol. The molecule has 0 saturated heterocycles. The molecule has 16 heavy (non-hydrogen) atoms. The van der Waals surface area contributed by atoms with E-state index in [0.717, 1.165) is 17.2 Å². The van der Waals surface area contributed by atoms with Gasteiger partial charge in [-0.25, -0.2) is 4.98 Å². The van der Waals surface area contributed by atoms with Crippen molar-refractivity contribution in [1.82, 2.24) is 10.3 Å². The Labute approximate surface area is 100 Å². The van der Waals surface area contributed by atoms with Gasteiger partial charge in [0.15, 0.2) is 0 Å². The van der Waals surface area contributed by atoms with Crippen LogP contribution in [0.25, 0.3) is 10.4 Å². The molecule has 0 fully saturated rings. The molecule has 2 nitrogen and oxygen atoms in total. The van der Waals surface area contributed by atoms with Gasteiger partial charge < -0.3 is 5.32 Å². The second-order valence-corrected chi connectivity index (χ2v) is 4.95. The van der Waals surface area contributed by atoms with Gasteiger partial charge in [-0.1, -0.05) is 24.3 Å². The van der Waals surface area contributed by atoms with Gasteiger partial charge in [0.2, 0.25) is 0 Å². The number of nitrogens with one attached hydrogen (secondary N) is 1. The van der Waals surface area contributed by atoms with Crippen LogP contribution in [-0.4, -0.2) is 12.0 Å². The Morgan fingerprint density at radius 1 is 1.25 bits per heavy atom. The van der Waals surface area contributed by atoms with Crippen LogP contribution >= 0.6 is 11.3 Å². The lowest BCUT2D eigenvalue weighted by Crippen LogP contribution is -2.04. The van der Waals surface area contributed by atoms with Gasteiger partial charge in [0.25, 0.3) is 0 Å². The van der Waals surface area contributed by atoms with Crippen molar-refractivity contribution in [3.8, 4) is 10.4 Å². The van der Waals surface area contributed by atoms with Gasteiger partial charge in [0.05, 0.1) is 10.6 Å². The molecule has 1 heterocycles. The van der Waals surface area contributed by atoms with Crippen molar-refractivity contribution in [3.63, 3.8) is 0 Å². The first-order valence-electron chi connectivity index (χ1n) is 5.39. The number of benzene rings is 1. The Morgan fingerprint density at radius 3 is 2.69 bits per heavy atom. The highest BCUT2D eigenvalue weighted by molar-refractivity contribution is 7.15. The summed E-state index contributed by atoms with van der Waals surface area (Å²) in [5.41, 5.74) is 3.75. The van der Waals surface area contributed by atoms with Crippen LogP contribution in [0.15, 0.2) is 24.3 Å². The minimum Gasteiger partial charge on any atom is -0.314 e. The van der Waals surface area contributed by atoms with Crippen molar-refractivity contribution < 1.29 is 0 Å². The van der Waals surface area contributed by atoms with Crippen molar-refractivity contribution in [2.24, 2.45) is 0 Å². The number of hydrogen-bond donors (Lipinski definition) is 1. The van der Waals surface area contributed by atoms with Gasteiger partial charge in [0, 0.05) is 6.54 Å². The normalized spacial score (nSPS) is 10.7. The van der Waals surface area contributed by atoms with E-state index in [0.29, 0.717) is 0 Å². The van der Waals surface area contributed by atoms with E-state index in [4.69, 9.17) is 0 Å². The molecule has 0 aliphatic heterocycles. The van der Waals surface area contributed by atoms with E-state index in [-0.39, 0.29) is 0 Å². The van der Waals surface area contributed by atoms with Gasteiger partial charge in [-0.2, -0.15) is 0 Å². The molecule has 0 aliphatic carbocycles. The molecule has 84 valence electrons. The molecule has 1 aromatic heterocycles. The quantitative estimate of drug-likeness (QED) is 0.879. The van der Waals surface area contributed by atoms with Crippen LogP contribution in [0.2, 0.25) is 0 Å². The van der Waals surface area contributed by atoms with E-state index in [2.05, 4.69) is 48.4 Å². The Bertz CT molecular complexity index is 488. The van der Waals surface area contributed by atoms with Crippen LogP contribution in [-0.2, 0) is 6.54 Å². The molecule has 2 aromatic rings. The maximum Gasteiger partial charge on any atom is 0.107 e. The summed E-state index contributed by atoms with van der Waals surface area (Å²) >= 11 is 1.78. The topological polar surface area (TPSA) is 24.9 Å². The first kappa shape index (κ1) is 11.3. The summed E-state index contributed by atoms with van der Waals surface area (Å²) in [7, 11) is 1.95. The predicted octanol–water partition coefficient (Wildman–Crippen LogP) is 3.15. The lowest BCUT2D eigenvalue weighted by atomic mass is 10.1. The van der Waals surface area contributed by atoms with Gasteiger partial charge >= 0.3 is 0 Å². The molecule has 0 aliphatic rings. The van der Waals surface area contributed by atoms with Crippen molar-refractivity contribution in [2.45, 2.75) is 20.4 Å². The second kappa shape index (κ2) is 4.76. The highest BCUT2D eigenvalue weighted by atomic mass is 32.1. The SMILES string of the molecule is CNCc1nc(C)c(-c2ccccc2C)s1. The first-order chi connectivity index (χ1) is 7.72. The molecule has 3 heteroatoms. The van der Waals surface area contributed by atoms with E-state index in [9.17, 15) is 0 Å². The molecule has 0 spiro atoms. The third-order valence-corrected chi connectivity index (χ3v) is 3.75. The maximum atomic E-state index is 4.57. The fourth-order valence-electron chi connectivity index (χ4n) is 1.76. The van der Waals surface area contributed by atoms with E-state index < -0.39 is 0 Å². The van der Waals surface area contributed by atoms with Crippen molar-refractivity contribution in [2.75, 3.05) is 7.05 Å². The Hall–Kier alpha value is -1.19. The summed E-state index contributed by atoms with van der Waals surface area (Å²) in [5.74, 6) is 0. The number of aromatic nitrogens is 1. The van der Waals surface area contributed by atoms with Gasteiger partial charge in [-0.15, -0.1) is 11.3 Å². The van der Waals surface area contributed by atoms with Crippen LogP contribution in [0.3, 0.4) is 0 Å². The minimum absolute atomic E-state index is 0.845. The standard InChI is InChI=1S/C13H16N2S/c1-9-6-4-5-7-11(9)13-10(2)15-12(16-13)8-14-3/h4-7,14H,8H2,1-3H3. The molecule has 2 rings (SSSR count). The summed E-state index contributed by atoms with van der Waals surface area (Å²) in [4.78, 5) is 5.87. The Balaban J connectivity index is 2.44. The molecule has 0 radical (unpaired) electrons. The zero-order chi connectivity index (χ0) is 11.5. The molecule has 0 atom stereocenters. The molecule has 0 unspecified atom stereocenters. The molecule has 1 aromatic carbocycles.